The molecule has 3 rings (SSSR count). The third kappa shape index (κ3) is 1.45. The molecule has 0 spiro atoms. The fourth-order valence-electron chi connectivity index (χ4n) is 3.39. The van der Waals surface area contributed by atoms with E-state index < -0.39 is 0 Å². The van der Waals surface area contributed by atoms with Crippen molar-refractivity contribution in [3.63, 3.8) is 0 Å². The topological polar surface area (TPSA) is 12.0 Å². The zero-order valence-electron chi connectivity index (χ0n) is 9.37. The highest BCUT2D eigenvalue weighted by molar-refractivity contribution is 5.56. The van der Waals surface area contributed by atoms with Gasteiger partial charge in [-0.3, -0.25) is 0 Å². The van der Waals surface area contributed by atoms with E-state index in [1.807, 2.05) is 0 Å². The number of benzene rings is 1. The van der Waals surface area contributed by atoms with Crippen molar-refractivity contribution in [2.24, 2.45) is 5.92 Å². The number of hydrogen-bond donors (Lipinski definition) is 1. The molecular weight excluding hydrogens is 182 g/mol. The Kier molecular flexibility index (Phi) is 2.19. The molecule has 0 aromatic heterocycles. The molecule has 3 unspecified atom stereocenters. The number of anilines is 1. The molecule has 1 aliphatic heterocycles. The smallest absolute Gasteiger partial charge is 0.0377 e. The molecule has 1 heteroatoms. The molecule has 1 aliphatic carbocycles. The van der Waals surface area contributed by atoms with Crippen LogP contribution < -0.4 is 5.32 Å². The Hall–Kier alpha value is -0.980. The summed E-state index contributed by atoms with van der Waals surface area (Å²) < 4.78 is 0. The van der Waals surface area contributed by atoms with E-state index in [0.717, 1.165) is 17.9 Å². The molecule has 1 nitrogen and oxygen atoms in total. The minimum atomic E-state index is 0.739. The molecule has 0 amide bonds. The van der Waals surface area contributed by atoms with Gasteiger partial charge in [0.15, 0.2) is 0 Å². The van der Waals surface area contributed by atoms with Crippen molar-refractivity contribution < 1.29 is 0 Å². The molecular formula is C14H19N. The lowest BCUT2D eigenvalue weighted by Gasteiger charge is -2.42. The summed E-state index contributed by atoms with van der Waals surface area (Å²) in [5, 5.41) is 3.73. The van der Waals surface area contributed by atoms with Crippen LogP contribution in [-0.4, -0.2) is 6.04 Å². The largest absolute Gasteiger partial charge is 0.382 e. The summed E-state index contributed by atoms with van der Waals surface area (Å²) in [7, 11) is 0. The van der Waals surface area contributed by atoms with Crippen LogP contribution in [0.25, 0.3) is 0 Å². The molecule has 3 atom stereocenters. The van der Waals surface area contributed by atoms with E-state index in [-0.39, 0.29) is 0 Å². The zero-order valence-corrected chi connectivity index (χ0v) is 9.37. The number of nitrogens with one attached hydrogen (secondary N) is 1. The van der Waals surface area contributed by atoms with Gasteiger partial charge in [0, 0.05) is 11.7 Å². The number of rotatable bonds is 0. The van der Waals surface area contributed by atoms with Gasteiger partial charge in [-0.15, -0.1) is 0 Å². The van der Waals surface area contributed by atoms with Crippen LogP contribution in [0.4, 0.5) is 5.69 Å². The second-order valence-electron chi connectivity index (χ2n) is 5.08. The lowest BCUT2D eigenvalue weighted by molar-refractivity contribution is 0.278. The third-order valence-electron chi connectivity index (χ3n) is 4.25. The van der Waals surface area contributed by atoms with Crippen molar-refractivity contribution in [3.8, 4) is 0 Å². The Bertz CT molecular complexity index is 358. The van der Waals surface area contributed by atoms with Gasteiger partial charge in [-0.25, -0.2) is 0 Å². The summed E-state index contributed by atoms with van der Waals surface area (Å²) in [6, 6.07) is 9.57. The fourth-order valence-corrected chi connectivity index (χ4v) is 3.39. The average molecular weight is 201 g/mol. The Morgan fingerprint density at radius 1 is 1.13 bits per heavy atom. The van der Waals surface area contributed by atoms with Gasteiger partial charge >= 0.3 is 0 Å². The van der Waals surface area contributed by atoms with Gasteiger partial charge < -0.3 is 5.32 Å². The van der Waals surface area contributed by atoms with E-state index in [2.05, 4.69) is 36.5 Å². The van der Waals surface area contributed by atoms with Gasteiger partial charge in [-0.1, -0.05) is 38.0 Å². The standard InChI is InChI=1S/C14H19N/c1-10-11-6-2-4-8-13(11)15-14-9-5-3-7-12(10)14/h2,4,6,8,10,12,14-15H,3,5,7,9H2,1H3. The van der Waals surface area contributed by atoms with Crippen LogP contribution in [0.3, 0.4) is 0 Å². The SMILES string of the molecule is CC1c2ccccc2NC2CCCCC21. The van der Waals surface area contributed by atoms with Crippen molar-refractivity contribution >= 4 is 5.69 Å². The molecule has 1 saturated carbocycles. The van der Waals surface area contributed by atoms with Gasteiger partial charge in [-0.2, -0.15) is 0 Å². The first kappa shape index (κ1) is 9.26. The highest BCUT2D eigenvalue weighted by Gasteiger charge is 2.34. The van der Waals surface area contributed by atoms with E-state index in [1.165, 1.54) is 36.9 Å². The van der Waals surface area contributed by atoms with Crippen LogP contribution in [0, 0.1) is 5.92 Å². The maximum Gasteiger partial charge on any atom is 0.0377 e. The lowest BCUT2D eigenvalue weighted by atomic mass is 9.72. The normalized spacial score (nSPS) is 33.8. The van der Waals surface area contributed by atoms with Crippen LogP contribution in [0.5, 0.6) is 0 Å². The van der Waals surface area contributed by atoms with Crippen molar-refractivity contribution in [2.45, 2.75) is 44.6 Å². The van der Waals surface area contributed by atoms with Crippen LogP contribution in [0.1, 0.15) is 44.1 Å². The molecule has 1 aromatic carbocycles. The van der Waals surface area contributed by atoms with Crippen LogP contribution in [-0.2, 0) is 0 Å². The third-order valence-corrected chi connectivity index (χ3v) is 4.25. The van der Waals surface area contributed by atoms with E-state index in [1.54, 1.807) is 0 Å². The molecule has 2 aliphatic rings. The molecule has 1 N–H and O–H groups in total. The molecule has 1 heterocycles. The molecule has 0 bridgehead atoms. The monoisotopic (exact) mass is 201 g/mol. The van der Waals surface area contributed by atoms with Crippen molar-refractivity contribution in [3.05, 3.63) is 29.8 Å². The quantitative estimate of drug-likeness (QED) is 0.673. The van der Waals surface area contributed by atoms with Gasteiger partial charge in [0.1, 0.15) is 0 Å². The zero-order chi connectivity index (χ0) is 10.3. The summed E-state index contributed by atoms with van der Waals surface area (Å²) in [5.74, 6) is 1.61. The van der Waals surface area contributed by atoms with Crippen molar-refractivity contribution in [2.75, 3.05) is 5.32 Å². The van der Waals surface area contributed by atoms with E-state index in [0.29, 0.717) is 0 Å². The van der Waals surface area contributed by atoms with Crippen LogP contribution in [0.2, 0.25) is 0 Å². The van der Waals surface area contributed by atoms with Gasteiger partial charge in [-0.05, 0) is 36.3 Å². The summed E-state index contributed by atoms with van der Waals surface area (Å²) in [6.07, 6.45) is 5.61. The summed E-state index contributed by atoms with van der Waals surface area (Å²) in [5.41, 5.74) is 2.91. The minimum absolute atomic E-state index is 0.739. The lowest BCUT2D eigenvalue weighted by Crippen LogP contribution is -2.39. The van der Waals surface area contributed by atoms with E-state index in [4.69, 9.17) is 0 Å². The molecule has 0 radical (unpaired) electrons. The van der Waals surface area contributed by atoms with Crippen LogP contribution >= 0.6 is 0 Å². The predicted octanol–water partition coefficient (Wildman–Crippen LogP) is 3.77. The first-order valence-corrected chi connectivity index (χ1v) is 6.22. The second kappa shape index (κ2) is 3.55. The van der Waals surface area contributed by atoms with E-state index in [9.17, 15) is 0 Å². The van der Waals surface area contributed by atoms with Crippen LogP contribution in [0.15, 0.2) is 24.3 Å². The maximum atomic E-state index is 3.73. The highest BCUT2D eigenvalue weighted by Crippen LogP contribution is 2.43. The minimum Gasteiger partial charge on any atom is -0.382 e. The molecule has 1 fully saturated rings. The Labute approximate surface area is 91.9 Å². The van der Waals surface area contributed by atoms with Crippen molar-refractivity contribution in [1.29, 1.82) is 0 Å². The fraction of sp³-hybridized carbons (Fsp3) is 0.571. The summed E-state index contributed by atoms with van der Waals surface area (Å²) in [6.45, 7) is 2.41. The summed E-state index contributed by atoms with van der Waals surface area (Å²) >= 11 is 0. The summed E-state index contributed by atoms with van der Waals surface area (Å²) in [4.78, 5) is 0. The Morgan fingerprint density at radius 3 is 2.87 bits per heavy atom. The van der Waals surface area contributed by atoms with Gasteiger partial charge in [0.05, 0.1) is 0 Å². The van der Waals surface area contributed by atoms with Gasteiger partial charge in [0.25, 0.3) is 0 Å². The number of fused-ring (bicyclic) bond motifs is 2. The molecule has 15 heavy (non-hydrogen) atoms. The Morgan fingerprint density at radius 2 is 1.93 bits per heavy atom. The molecule has 80 valence electrons. The predicted molar refractivity (Wildman–Crippen MR) is 64.2 cm³/mol. The first-order chi connectivity index (χ1) is 7.36. The van der Waals surface area contributed by atoms with E-state index >= 15 is 0 Å². The maximum absolute atomic E-state index is 3.73. The van der Waals surface area contributed by atoms with Crippen molar-refractivity contribution in [1.82, 2.24) is 0 Å². The molecule has 0 saturated heterocycles. The number of hydrogen-bond acceptors (Lipinski definition) is 1. The Balaban J connectivity index is 1.98. The number of para-hydroxylation sites is 1. The van der Waals surface area contributed by atoms with Gasteiger partial charge in [0.2, 0.25) is 0 Å². The molecule has 1 aromatic rings. The highest BCUT2D eigenvalue weighted by atomic mass is 14.9. The first-order valence-electron chi connectivity index (χ1n) is 6.22. The second-order valence-corrected chi connectivity index (χ2v) is 5.08. The average Bonchev–Trinajstić information content (AvgIpc) is 2.30.